The van der Waals surface area contributed by atoms with E-state index in [1.807, 2.05) is 0 Å². The summed E-state index contributed by atoms with van der Waals surface area (Å²) in [6.45, 7) is 30.6. The lowest BCUT2D eigenvalue weighted by molar-refractivity contribution is -0.198. The van der Waals surface area contributed by atoms with Gasteiger partial charge < -0.3 is 14.0 Å². The lowest BCUT2D eigenvalue weighted by Gasteiger charge is -2.60. The van der Waals surface area contributed by atoms with E-state index in [2.05, 4.69) is 101 Å². The summed E-state index contributed by atoms with van der Waals surface area (Å²) in [5, 5.41) is 12.4. The first-order valence-electron chi connectivity index (χ1n) is 15.6. The van der Waals surface area contributed by atoms with Gasteiger partial charge in [-0.15, -0.1) is 0 Å². The maximum Gasteiger partial charge on any atom is 0.195 e. The molecule has 0 spiro atoms. The minimum Gasteiger partial charge on any atom is -0.413 e. The number of allylic oxidation sites excluding steroid dienone is 3. The normalized spacial score (nSPS) is 40.2. The molecule has 7 atom stereocenters. The van der Waals surface area contributed by atoms with Crippen LogP contribution in [0.2, 0.25) is 36.3 Å². The molecule has 0 aromatic heterocycles. The molecule has 0 aliphatic heterocycles. The summed E-state index contributed by atoms with van der Waals surface area (Å²) in [5.41, 5.74) is 3.40. The number of hydrogen-bond acceptors (Lipinski definition) is 3. The first-order chi connectivity index (χ1) is 17.1. The van der Waals surface area contributed by atoms with Crippen molar-refractivity contribution < 1.29 is 14.0 Å². The molecule has 1 N–H and O–H groups in total. The quantitative estimate of drug-likeness (QED) is 0.269. The average molecular weight is 561 g/mol. The van der Waals surface area contributed by atoms with Gasteiger partial charge >= 0.3 is 0 Å². The second-order valence-electron chi connectivity index (χ2n) is 17.0. The van der Waals surface area contributed by atoms with Crippen LogP contribution in [-0.2, 0) is 8.85 Å². The molecule has 218 valence electrons. The van der Waals surface area contributed by atoms with Gasteiger partial charge in [0.25, 0.3) is 0 Å². The number of aliphatic hydroxyl groups is 1. The topological polar surface area (TPSA) is 38.7 Å². The van der Waals surface area contributed by atoms with Crippen LogP contribution < -0.4 is 0 Å². The second kappa shape index (κ2) is 9.41. The first kappa shape index (κ1) is 30.7. The molecule has 4 aliphatic rings. The maximum atomic E-state index is 12.2. The molecule has 4 rings (SSSR count). The van der Waals surface area contributed by atoms with Gasteiger partial charge in [0.2, 0.25) is 0 Å². The van der Waals surface area contributed by atoms with Gasteiger partial charge in [-0.25, -0.2) is 0 Å². The highest BCUT2D eigenvalue weighted by Gasteiger charge is 2.62. The SMILES string of the molecule is CC[C@H]1CC[C@H]2C3=CC=C4C[C@@](O)(O[Si](C)(C)C(C)(C)C)C[C@H](O[Si](C)(C)C(C)(C)C)[C@]4(C)[C@@H]3CC[C@]12C. The van der Waals surface area contributed by atoms with Crippen molar-refractivity contribution in [2.45, 2.75) is 155 Å². The molecule has 0 saturated heterocycles. The fraction of sp³-hybridized carbons (Fsp3) is 0.879. The monoisotopic (exact) mass is 560 g/mol. The van der Waals surface area contributed by atoms with E-state index in [9.17, 15) is 5.11 Å². The van der Waals surface area contributed by atoms with Crippen LogP contribution in [0.3, 0.4) is 0 Å². The molecule has 3 saturated carbocycles. The molecule has 4 aliphatic carbocycles. The van der Waals surface area contributed by atoms with Crippen molar-refractivity contribution >= 4 is 16.6 Å². The Bertz CT molecular complexity index is 983. The Labute approximate surface area is 237 Å². The first-order valence-corrected chi connectivity index (χ1v) is 21.4. The van der Waals surface area contributed by atoms with Crippen LogP contribution in [-0.4, -0.2) is 33.6 Å². The predicted molar refractivity (Wildman–Crippen MR) is 166 cm³/mol. The van der Waals surface area contributed by atoms with Gasteiger partial charge in [0, 0.05) is 18.3 Å². The lowest BCUT2D eigenvalue weighted by Crippen LogP contribution is -2.62. The summed E-state index contributed by atoms with van der Waals surface area (Å²) >= 11 is 0. The van der Waals surface area contributed by atoms with Crippen LogP contribution in [0.1, 0.15) is 107 Å². The van der Waals surface area contributed by atoms with Crippen LogP contribution in [0.25, 0.3) is 0 Å². The van der Waals surface area contributed by atoms with Crippen LogP contribution in [0.15, 0.2) is 23.3 Å². The molecule has 3 nitrogen and oxygen atoms in total. The van der Waals surface area contributed by atoms with E-state index in [-0.39, 0.29) is 21.6 Å². The molecule has 5 heteroatoms. The highest BCUT2D eigenvalue weighted by atomic mass is 28.4. The van der Waals surface area contributed by atoms with Crippen LogP contribution in [0.4, 0.5) is 0 Å². The fourth-order valence-electron chi connectivity index (χ4n) is 8.21. The Hall–Kier alpha value is -0.206. The smallest absolute Gasteiger partial charge is 0.195 e. The van der Waals surface area contributed by atoms with E-state index in [1.165, 1.54) is 37.7 Å². The molecule has 0 aromatic carbocycles. The summed E-state index contributed by atoms with van der Waals surface area (Å²) in [6, 6.07) is 0. The number of fused-ring (bicyclic) bond motifs is 5. The van der Waals surface area contributed by atoms with Gasteiger partial charge in [0.05, 0.1) is 6.10 Å². The Kier molecular flexibility index (Phi) is 7.61. The van der Waals surface area contributed by atoms with E-state index in [0.29, 0.717) is 30.1 Å². The Morgan fingerprint density at radius 2 is 1.50 bits per heavy atom. The van der Waals surface area contributed by atoms with Crippen molar-refractivity contribution in [1.82, 2.24) is 0 Å². The second-order valence-corrected chi connectivity index (χ2v) is 26.5. The highest BCUT2D eigenvalue weighted by molar-refractivity contribution is 6.74. The van der Waals surface area contributed by atoms with E-state index in [4.69, 9.17) is 8.85 Å². The molecule has 0 amide bonds. The van der Waals surface area contributed by atoms with Crippen molar-refractivity contribution in [3.8, 4) is 0 Å². The van der Waals surface area contributed by atoms with E-state index < -0.39 is 22.4 Å². The molecule has 0 aromatic rings. The summed E-state index contributed by atoms with van der Waals surface area (Å²) < 4.78 is 14.3. The van der Waals surface area contributed by atoms with Crippen molar-refractivity contribution in [2.75, 3.05) is 0 Å². The highest BCUT2D eigenvalue weighted by Crippen LogP contribution is 2.66. The number of hydrogen-bond donors (Lipinski definition) is 1. The molecule has 0 unspecified atom stereocenters. The minimum atomic E-state index is -2.18. The largest absolute Gasteiger partial charge is 0.413 e. The zero-order chi connectivity index (χ0) is 28.7. The van der Waals surface area contributed by atoms with Gasteiger partial charge in [0.1, 0.15) is 0 Å². The van der Waals surface area contributed by atoms with E-state index in [0.717, 1.165) is 5.92 Å². The van der Waals surface area contributed by atoms with Gasteiger partial charge in [-0.2, -0.15) is 0 Å². The average Bonchev–Trinajstić information content (AvgIpc) is 3.08. The number of rotatable bonds is 5. The predicted octanol–water partition coefficient (Wildman–Crippen LogP) is 9.61. The van der Waals surface area contributed by atoms with Gasteiger partial charge in [-0.1, -0.05) is 92.0 Å². The summed E-state index contributed by atoms with van der Waals surface area (Å²) in [7, 11) is -4.27. The van der Waals surface area contributed by atoms with Crippen LogP contribution >= 0.6 is 0 Å². The van der Waals surface area contributed by atoms with E-state index >= 15 is 0 Å². The standard InChI is InChI=1S/C33H60O3Si2/c1-14-23-16-18-26-25-17-15-24-21-33(34,36-38(12,13)30(5,6)7)22-28(35-37(10,11)29(2,3)4)32(24,9)27(25)19-20-31(23,26)8/h15,17,23,26-28,34H,14,16,18-22H2,1-13H3/t23-,26-,27+,28-,31+,32-,33+/m0/s1. The van der Waals surface area contributed by atoms with Crippen molar-refractivity contribution in [1.29, 1.82) is 0 Å². The molecule has 0 radical (unpaired) electrons. The molecule has 3 fully saturated rings. The Morgan fingerprint density at radius 1 is 0.895 bits per heavy atom. The van der Waals surface area contributed by atoms with Gasteiger partial charge in [-0.3, -0.25) is 0 Å². The fourth-order valence-corrected chi connectivity index (χ4v) is 11.0. The zero-order valence-corrected chi connectivity index (χ0v) is 29.2. The molecule has 0 bridgehead atoms. The van der Waals surface area contributed by atoms with Gasteiger partial charge in [0.15, 0.2) is 22.4 Å². The molecule has 38 heavy (non-hydrogen) atoms. The third-order valence-electron chi connectivity index (χ3n) is 12.8. The van der Waals surface area contributed by atoms with Crippen molar-refractivity contribution in [2.24, 2.45) is 28.6 Å². The molecular formula is C33H60O3Si2. The van der Waals surface area contributed by atoms with Crippen LogP contribution in [0, 0.1) is 28.6 Å². The van der Waals surface area contributed by atoms with Crippen molar-refractivity contribution in [3.63, 3.8) is 0 Å². The molecule has 0 heterocycles. The Morgan fingerprint density at radius 3 is 2.05 bits per heavy atom. The Balaban J connectivity index is 1.78. The van der Waals surface area contributed by atoms with E-state index in [1.54, 1.807) is 5.57 Å². The van der Waals surface area contributed by atoms with Crippen LogP contribution in [0.5, 0.6) is 0 Å². The minimum absolute atomic E-state index is 0.0411. The zero-order valence-electron chi connectivity index (χ0n) is 27.2. The third-order valence-corrected chi connectivity index (χ3v) is 21.8. The van der Waals surface area contributed by atoms with Crippen molar-refractivity contribution in [3.05, 3.63) is 23.3 Å². The third kappa shape index (κ3) is 4.82. The summed E-state index contributed by atoms with van der Waals surface area (Å²) in [4.78, 5) is 0. The summed E-state index contributed by atoms with van der Waals surface area (Å²) in [5.74, 6) is 0.875. The summed E-state index contributed by atoms with van der Waals surface area (Å²) in [6.07, 6.45) is 12.6. The van der Waals surface area contributed by atoms with Gasteiger partial charge in [-0.05, 0) is 85.1 Å². The maximum absolute atomic E-state index is 12.2. The molecular weight excluding hydrogens is 501 g/mol. The lowest BCUT2D eigenvalue weighted by atomic mass is 9.49.